The number of aromatic nitrogens is 2. The van der Waals surface area contributed by atoms with Crippen molar-refractivity contribution in [3.05, 3.63) is 11.7 Å². The van der Waals surface area contributed by atoms with Crippen LogP contribution in [0.15, 0.2) is 4.52 Å². The Morgan fingerprint density at radius 3 is 2.28 bits per heavy atom. The molecule has 0 spiro atoms. The lowest BCUT2D eigenvalue weighted by Gasteiger charge is -2.20. The fraction of sp³-hybridized carbons (Fsp3) is 0.857. The first-order valence-corrected chi connectivity index (χ1v) is 6.79. The summed E-state index contributed by atoms with van der Waals surface area (Å²) in [5.41, 5.74) is 6.29. The molecule has 1 rings (SSSR count). The van der Waals surface area contributed by atoms with Gasteiger partial charge in [-0.2, -0.15) is 4.98 Å². The summed E-state index contributed by atoms with van der Waals surface area (Å²) in [6.45, 7) is 12.9. The van der Waals surface area contributed by atoms with Gasteiger partial charge in [-0.15, -0.1) is 0 Å². The predicted molar refractivity (Wildman–Crippen MR) is 73.3 cm³/mol. The summed E-state index contributed by atoms with van der Waals surface area (Å²) in [6.07, 6.45) is 1.91. The quantitative estimate of drug-likeness (QED) is 0.875. The Morgan fingerprint density at radius 2 is 1.83 bits per heavy atom. The lowest BCUT2D eigenvalue weighted by Crippen LogP contribution is -2.28. The van der Waals surface area contributed by atoms with Gasteiger partial charge in [0.15, 0.2) is 5.82 Å². The molecule has 0 radical (unpaired) electrons. The predicted octanol–water partition coefficient (Wildman–Crippen LogP) is 3.14. The molecule has 2 N–H and O–H groups in total. The zero-order valence-electron chi connectivity index (χ0n) is 12.5. The first-order chi connectivity index (χ1) is 8.20. The standard InChI is InChI=1S/C14H27N3O/c1-9(2)12(10(3)15)13-16-11(17-18-13)7-8-14(4,5)6/h9-10,12H,7-8,15H2,1-6H3. The Kier molecular flexibility index (Phi) is 4.91. The van der Waals surface area contributed by atoms with Crippen molar-refractivity contribution in [2.75, 3.05) is 0 Å². The van der Waals surface area contributed by atoms with Crippen molar-refractivity contribution >= 4 is 0 Å². The fourth-order valence-electron chi connectivity index (χ4n) is 2.11. The molecule has 0 aliphatic carbocycles. The Balaban J connectivity index is 2.73. The van der Waals surface area contributed by atoms with Gasteiger partial charge in [-0.05, 0) is 24.7 Å². The number of rotatable bonds is 5. The lowest BCUT2D eigenvalue weighted by molar-refractivity contribution is 0.297. The molecule has 0 aliphatic rings. The molecule has 104 valence electrons. The van der Waals surface area contributed by atoms with Gasteiger partial charge in [0.2, 0.25) is 5.89 Å². The first kappa shape index (κ1) is 15.2. The van der Waals surface area contributed by atoms with Crippen molar-refractivity contribution in [1.29, 1.82) is 0 Å². The number of hydrogen-bond donors (Lipinski definition) is 1. The van der Waals surface area contributed by atoms with Gasteiger partial charge < -0.3 is 10.3 Å². The molecule has 0 saturated heterocycles. The highest BCUT2D eigenvalue weighted by molar-refractivity contribution is 4.99. The maximum atomic E-state index is 5.99. The molecule has 1 aromatic rings. The Labute approximate surface area is 110 Å². The van der Waals surface area contributed by atoms with Gasteiger partial charge in [0, 0.05) is 12.5 Å². The summed E-state index contributed by atoms with van der Waals surface area (Å²) in [7, 11) is 0. The molecule has 0 aliphatic heterocycles. The summed E-state index contributed by atoms with van der Waals surface area (Å²) >= 11 is 0. The Hall–Kier alpha value is -0.900. The van der Waals surface area contributed by atoms with E-state index in [9.17, 15) is 0 Å². The van der Waals surface area contributed by atoms with Crippen LogP contribution in [0.3, 0.4) is 0 Å². The van der Waals surface area contributed by atoms with E-state index in [1.54, 1.807) is 0 Å². The molecular weight excluding hydrogens is 226 g/mol. The van der Waals surface area contributed by atoms with Crippen molar-refractivity contribution in [3.63, 3.8) is 0 Å². The van der Waals surface area contributed by atoms with Gasteiger partial charge in [0.1, 0.15) is 0 Å². The summed E-state index contributed by atoms with van der Waals surface area (Å²) in [4.78, 5) is 4.50. The van der Waals surface area contributed by atoms with Gasteiger partial charge >= 0.3 is 0 Å². The molecule has 1 heterocycles. The molecule has 1 aromatic heterocycles. The van der Waals surface area contributed by atoms with E-state index < -0.39 is 0 Å². The topological polar surface area (TPSA) is 64.9 Å². The Bertz CT molecular complexity index is 355. The highest BCUT2D eigenvalue weighted by atomic mass is 16.5. The second-order valence-corrected chi connectivity index (χ2v) is 6.74. The van der Waals surface area contributed by atoms with E-state index in [2.05, 4.69) is 44.8 Å². The van der Waals surface area contributed by atoms with Crippen LogP contribution in [0.25, 0.3) is 0 Å². The van der Waals surface area contributed by atoms with E-state index >= 15 is 0 Å². The van der Waals surface area contributed by atoms with E-state index in [4.69, 9.17) is 10.3 Å². The third kappa shape index (κ3) is 4.41. The molecule has 0 fully saturated rings. The second-order valence-electron chi connectivity index (χ2n) is 6.74. The number of nitrogens with two attached hydrogens (primary N) is 1. The van der Waals surface area contributed by atoms with Crippen LogP contribution in [0.4, 0.5) is 0 Å². The highest BCUT2D eigenvalue weighted by Crippen LogP contribution is 2.26. The maximum absolute atomic E-state index is 5.99. The van der Waals surface area contributed by atoms with Crippen LogP contribution in [0.1, 0.15) is 65.6 Å². The minimum Gasteiger partial charge on any atom is -0.339 e. The summed E-state index contributed by atoms with van der Waals surface area (Å²) in [5, 5.41) is 4.06. The molecule has 4 nitrogen and oxygen atoms in total. The van der Waals surface area contributed by atoms with Crippen molar-refractivity contribution in [2.45, 2.75) is 66.3 Å². The van der Waals surface area contributed by atoms with Crippen LogP contribution < -0.4 is 5.73 Å². The van der Waals surface area contributed by atoms with Gasteiger partial charge in [-0.3, -0.25) is 0 Å². The molecule has 2 atom stereocenters. The smallest absolute Gasteiger partial charge is 0.231 e. The minimum absolute atomic E-state index is 0.0286. The van der Waals surface area contributed by atoms with Crippen LogP contribution in [-0.4, -0.2) is 16.2 Å². The largest absolute Gasteiger partial charge is 0.339 e. The van der Waals surface area contributed by atoms with E-state index in [1.807, 2.05) is 6.92 Å². The number of aryl methyl sites for hydroxylation is 1. The molecule has 0 amide bonds. The van der Waals surface area contributed by atoms with E-state index in [1.165, 1.54) is 0 Å². The van der Waals surface area contributed by atoms with E-state index in [-0.39, 0.29) is 12.0 Å². The third-order valence-electron chi connectivity index (χ3n) is 3.15. The van der Waals surface area contributed by atoms with Crippen molar-refractivity contribution in [1.82, 2.24) is 10.1 Å². The van der Waals surface area contributed by atoms with Crippen LogP contribution in [0.2, 0.25) is 0 Å². The van der Waals surface area contributed by atoms with E-state index in [0.29, 0.717) is 17.2 Å². The lowest BCUT2D eigenvalue weighted by atomic mass is 9.89. The highest BCUT2D eigenvalue weighted by Gasteiger charge is 2.26. The fourth-order valence-corrected chi connectivity index (χ4v) is 2.11. The Morgan fingerprint density at radius 1 is 1.22 bits per heavy atom. The van der Waals surface area contributed by atoms with Crippen molar-refractivity contribution in [3.8, 4) is 0 Å². The first-order valence-electron chi connectivity index (χ1n) is 6.79. The molecule has 4 heteroatoms. The molecule has 0 bridgehead atoms. The van der Waals surface area contributed by atoms with Crippen LogP contribution in [-0.2, 0) is 6.42 Å². The van der Waals surface area contributed by atoms with Gasteiger partial charge in [0.05, 0.1) is 5.92 Å². The average Bonchev–Trinajstić information content (AvgIpc) is 2.61. The molecule has 0 saturated carbocycles. The van der Waals surface area contributed by atoms with Crippen molar-refractivity contribution < 1.29 is 4.52 Å². The van der Waals surface area contributed by atoms with Crippen LogP contribution in [0, 0.1) is 11.3 Å². The summed E-state index contributed by atoms with van der Waals surface area (Å²) < 4.78 is 5.37. The molecule has 18 heavy (non-hydrogen) atoms. The van der Waals surface area contributed by atoms with Gasteiger partial charge in [-0.25, -0.2) is 0 Å². The molecule has 2 unspecified atom stereocenters. The number of hydrogen-bond acceptors (Lipinski definition) is 4. The molecular formula is C14H27N3O. The van der Waals surface area contributed by atoms with Crippen LogP contribution in [0.5, 0.6) is 0 Å². The monoisotopic (exact) mass is 253 g/mol. The van der Waals surface area contributed by atoms with Gasteiger partial charge in [0.25, 0.3) is 0 Å². The second kappa shape index (κ2) is 5.83. The maximum Gasteiger partial charge on any atom is 0.231 e. The zero-order chi connectivity index (χ0) is 13.9. The van der Waals surface area contributed by atoms with Gasteiger partial charge in [-0.1, -0.05) is 39.8 Å². The zero-order valence-corrected chi connectivity index (χ0v) is 12.5. The third-order valence-corrected chi connectivity index (χ3v) is 3.15. The SMILES string of the molecule is CC(C)C(c1nc(CCC(C)(C)C)no1)C(C)N. The van der Waals surface area contributed by atoms with E-state index in [0.717, 1.165) is 18.7 Å². The average molecular weight is 253 g/mol. The summed E-state index contributed by atoms with van der Waals surface area (Å²) in [5.74, 6) is 2.02. The summed E-state index contributed by atoms with van der Waals surface area (Å²) in [6, 6.07) is 0.0286. The molecule has 0 aromatic carbocycles. The minimum atomic E-state index is 0.0286. The van der Waals surface area contributed by atoms with Crippen LogP contribution >= 0.6 is 0 Å². The number of nitrogens with zero attached hydrogens (tertiary/aromatic N) is 2. The normalized spacial score (nSPS) is 16.0. The van der Waals surface area contributed by atoms with Crippen molar-refractivity contribution in [2.24, 2.45) is 17.1 Å².